The minimum atomic E-state index is -2.84. The van der Waals surface area contributed by atoms with E-state index in [1.54, 1.807) is 58.9 Å². The Morgan fingerprint density at radius 1 is 1.25 bits per heavy atom. The summed E-state index contributed by atoms with van der Waals surface area (Å²) >= 11 is 3.32. The van der Waals surface area contributed by atoms with Gasteiger partial charge in [-0.1, -0.05) is 15.9 Å². The zero-order chi connectivity index (χ0) is 15.6. The van der Waals surface area contributed by atoms with E-state index in [-0.39, 0.29) is 5.25 Å². The number of carbonyl (C=O) groups excluding carboxylic acids is 1. The van der Waals surface area contributed by atoms with Crippen LogP contribution in [0.1, 0.15) is 34.6 Å². The van der Waals surface area contributed by atoms with E-state index in [9.17, 15) is 9.00 Å². The summed E-state index contributed by atoms with van der Waals surface area (Å²) in [5, 5.41) is -0.295. The molecule has 1 amide bonds. The Morgan fingerprint density at radius 2 is 1.75 bits per heavy atom. The van der Waals surface area contributed by atoms with Gasteiger partial charge >= 0.3 is 6.09 Å². The molecule has 0 aliphatic heterocycles. The number of nitrogens with zero attached hydrogens (tertiary/aromatic N) is 1. The van der Waals surface area contributed by atoms with Gasteiger partial charge in [-0.3, -0.25) is 0 Å². The van der Waals surface area contributed by atoms with Crippen LogP contribution in [0.5, 0.6) is 0 Å². The number of ether oxygens (including phenoxy) is 1. The summed E-state index contributed by atoms with van der Waals surface area (Å²) in [6.45, 7) is 8.79. The highest BCUT2D eigenvalue weighted by Gasteiger charge is 2.23. The quantitative estimate of drug-likeness (QED) is 0.771. The molecule has 0 saturated carbocycles. The maximum atomic E-state index is 13.0. The zero-order valence-corrected chi connectivity index (χ0v) is 14.7. The first-order chi connectivity index (χ1) is 9.04. The summed E-state index contributed by atoms with van der Waals surface area (Å²) in [5.74, 6) is 0. The van der Waals surface area contributed by atoms with Crippen molar-refractivity contribution in [1.29, 1.82) is 0 Å². The molecule has 1 unspecified atom stereocenters. The fourth-order valence-electron chi connectivity index (χ4n) is 1.45. The molecule has 0 heterocycles. The Morgan fingerprint density at radius 3 is 2.15 bits per heavy atom. The van der Waals surface area contributed by atoms with Crippen molar-refractivity contribution in [2.24, 2.45) is 4.36 Å². The van der Waals surface area contributed by atoms with Gasteiger partial charge in [-0.25, -0.2) is 9.00 Å². The predicted molar refractivity (Wildman–Crippen MR) is 84.3 cm³/mol. The van der Waals surface area contributed by atoms with E-state index >= 15 is 0 Å². The summed E-state index contributed by atoms with van der Waals surface area (Å²) in [5.41, 5.74) is -0.655. The fourth-order valence-corrected chi connectivity index (χ4v) is 3.36. The molecule has 0 saturated heterocycles. The minimum absolute atomic E-state index is 0.295. The highest BCUT2D eigenvalue weighted by molar-refractivity contribution is 9.10. The van der Waals surface area contributed by atoms with Crippen molar-refractivity contribution < 1.29 is 13.7 Å². The number of hydrogen-bond donors (Lipinski definition) is 0. The number of benzene rings is 1. The third-order valence-corrected chi connectivity index (χ3v) is 5.57. The Bertz CT molecular complexity index is 594. The molecule has 0 spiro atoms. The van der Waals surface area contributed by atoms with Gasteiger partial charge in [0, 0.05) is 14.6 Å². The van der Waals surface area contributed by atoms with Gasteiger partial charge in [0.1, 0.15) is 5.60 Å². The zero-order valence-electron chi connectivity index (χ0n) is 12.3. The summed E-state index contributed by atoms with van der Waals surface area (Å²) in [6.07, 6.45) is -0.792. The van der Waals surface area contributed by atoms with Crippen molar-refractivity contribution >= 4 is 31.8 Å². The van der Waals surface area contributed by atoms with Crippen LogP contribution in [-0.2, 0) is 14.5 Å². The minimum Gasteiger partial charge on any atom is -0.442 e. The highest BCUT2D eigenvalue weighted by Crippen LogP contribution is 2.22. The first-order valence-electron chi connectivity index (χ1n) is 6.29. The molecular formula is C14H20BrNO3S. The second-order valence-electron chi connectivity index (χ2n) is 5.64. The maximum absolute atomic E-state index is 13.0. The number of rotatable bonds is 2. The Kier molecular flexibility index (Phi) is 5.38. The van der Waals surface area contributed by atoms with Gasteiger partial charge in [-0.2, -0.15) is 0 Å². The molecule has 20 heavy (non-hydrogen) atoms. The molecule has 0 fully saturated rings. The fraction of sp³-hybridized carbons (Fsp3) is 0.500. The van der Waals surface area contributed by atoms with Crippen LogP contribution in [0.4, 0.5) is 4.79 Å². The number of halogens is 1. The maximum Gasteiger partial charge on any atom is 0.442 e. The van der Waals surface area contributed by atoms with Gasteiger partial charge in [-0.15, -0.1) is 4.36 Å². The molecule has 0 aliphatic carbocycles. The summed E-state index contributed by atoms with van der Waals surface area (Å²) in [4.78, 5) is 12.4. The van der Waals surface area contributed by atoms with Crippen LogP contribution in [-0.4, -0.2) is 21.2 Å². The molecule has 6 heteroatoms. The summed E-state index contributed by atoms with van der Waals surface area (Å²) < 4.78 is 22.9. The van der Waals surface area contributed by atoms with Crippen LogP contribution in [0.15, 0.2) is 38.0 Å². The molecule has 1 rings (SSSR count). The van der Waals surface area contributed by atoms with Crippen molar-refractivity contribution in [2.45, 2.75) is 50.4 Å². The van der Waals surface area contributed by atoms with Crippen molar-refractivity contribution in [3.63, 3.8) is 0 Å². The Hall–Kier alpha value is -0.880. The van der Waals surface area contributed by atoms with Crippen LogP contribution in [0.2, 0.25) is 0 Å². The standard InChI is InChI=1S/C14H20BrNO3S/c1-10(2)20(18,12-8-6-11(15)7-9-12)16-13(17)19-14(3,4)5/h6-10H,1-5H3. The van der Waals surface area contributed by atoms with Gasteiger partial charge in [-0.05, 0) is 58.9 Å². The smallest absolute Gasteiger partial charge is 0.442 e. The van der Waals surface area contributed by atoms with Gasteiger partial charge in [0.25, 0.3) is 0 Å². The molecule has 0 N–H and O–H groups in total. The van der Waals surface area contributed by atoms with Crippen LogP contribution < -0.4 is 0 Å². The summed E-state index contributed by atoms with van der Waals surface area (Å²) in [6, 6.07) is 6.98. The molecule has 1 atom stereocenters. The second kappa shape index (κ2) is 6.26. The topological polar surface area (TPSA) is 55.7 Å². The Balaban J connectivity index is 3.26. The highest BCUT2D eigenvalue weighted by atomic mass is 79.9. The lowest BCUT2D eigenvalue weighted by Crippen LogP contribution is -2.24. The lowest BCUT2D eigenvalue weighted by atomic mass is 10.2. The number of hydrogen-bond acceptors (Lipinski definition) is 3. The van der Waals surface area contributed by atoms with E-state index in [1.807, 2.05) is 0 Å². The van der Waals surface area contributed by atoms with Crippen LogP contribution in [0, 0.1) is 0 Å². The normalized spacial score (nSPS) is 14.8. The molecule has 0 radical (unpaired) electrons. The molecule has 4 nitrogen and oxygen atoms in total. The lowest BCUT2D eigenvalue weighted by Gasteiger charge is -2.19. The Labute approximate surface area is 129 Å². The van der Waals surface area contributed by atoms with E-state index in [0.717, 1.165) is 4.47 Å². The van der Waals surface area contributed by atoms with Crippen LogP contribution in [0.3, 0.4) is 0 Å². The van der Waals surface area contributed by atoms with Crippen molar-refractivity contribution in [3.8, 4) is 0 Å². The van der Waals surface area contributed by atoms with E-state index in [0.29, 0.717) is 4.90 Å². The second-order valence-corrected chi connectivity index (χ2v) is 9.29. The summed E-state index contributed by atoms with van der Waals surface area (Å²) in [7, 11) is -2.84. The third-order valence-electron chi connectivity index (χ3n) is 2.39. The molecule has 1 aromatic rings. The average Bonchev–Trinajstić information content (AvgIpc) is 2.26. The van der Waals surface area contributed by atoms with Crippen molar-refractivity contribution in [2.75, 3.05) is 0 Å². The monoisotopic (exact) mass is 361 g/mol. The van der Waals surface area contributed by atoms with Crippen LogP contribution >= 0.6 is 15.9 Å². The van der Waals surface area contributed by atoms with E-state index in [4.69, 9.17) is 4.74 Å². The molecule has 112 valence electrons. The van der Waals surface area contributed by atoms with Crippen molar-refractivity contribution in [1.82, 2.24) is 0 Å². The third kappa shape index (κ3) is 4.59. The van der Waals surface area contributed by atoms with E-state index in [2.05, 4.69) is 20.3 Å². The molecule has 1 aromatic carbocycles. The molecule has 0 bridgehead atoms. The molecule has 0 aromatic heterocycles. The van der Waals surface area contributed by atoms with Gasteiger partial charge in [0.2, 0.25) is 0 Å². The number of amides is 1. The first kappa shape index (κ1) is 17.2. The van der Waals surface area contributed by atoms with E-state index < -0.39 is 21.4 Å². The molecule has 0 aliphatic rings. The van der Waals surface area contributed by atoms with Gasteiger partial charge in [0.15, 0.2) is 0 Å². The predicted octanol–water partition coefficient (Wildman–Crippen LogP) is 4.62. The van der Waals surface area contributed by atoms with Crippen LogP contribution in [0.25, 0.3) is 0 Å². The van der Waals surface area contributed by atoms with Gasteiger partial charge < -0.3 is 4.74 Å². The van der Waals surface area contributed by atoms with Crippen molar-refractivity contribution in [3.05, 3.63) is 28.7 Å². The van der Waals surface area contributed by atoms with E-state index in [1.165, 1.54) is 0 Å². The van der Waals surface area contributed by atoms with Gasteiger partial charge in [0.05, 0.1) is 9.73 Å². The average molecular weight is 362 g/mol. The largest absolute Gasteiger partial charge is 0.442 e. The molecular weight excluding hydrogens is 342 g/mol. The SMILES string of the molecule is CC(C)S(=O)(=NC(=O)OC(C)(C)C)c1ccc(Br)cc1. The lowest BCUT2D eigenvalue weighted by molar-refractivity contribution is 0.0607. The number of carbonyl (C=O) groups is 1. The first-order valence-corrected chi connectivity index (χ1v) is 8.66.